The van der Waals surface area contributed by atoms with Gasteiger partial charge in [-0.1, -0.05) is 41.9 Å². The normalized spacial score (nSPS) is 15.9. The van der Waals surface area contributed by atoms with Gasteiger partial charge in [-0.2, -0.15) is 0 Å². The fourth-order valence-electron chi connectivity index (χ4n) is 2.63. The molecule has 0 aliphatic heterocycles. The minimum Gasteiger partial charge on any atom is -0.495 e. The molecule has 1 aliphatic carbocycles. The molecule has 2 aromatic carbocycles. The van der Waals surface area contributed by atoms with Gasteiger partial charge in [0, 0.05) is 11.1 Å². The van der Waals surface area contributed by atoms with Crippen molar-refractivity contribution in [2.24, 2.45) is 0 Å². The van der Waals surface area contributed by atoms with Crippen LogP contribution in [0, 0.1) is 0 Å². The summed E-state index contributed by atoms with van der Waals surface area (Å²) in [6, 6.07) is 13.3. The van der Waals surface area contributed by atoms with Crippen molar-refractivity contribution in [1.82, 2.24) is 0 Å². The minimum absolute atomic E-state index is 0.115. The average molecular weight is 299 g/mol. The van der Waals surface area contributed by atoms with Crippen molar-refractivity contribution in [3.8, 4) is 5.75 Å². The molecule has 0 unspecified atom stereocenters. The van der Waals surface area contributed by atoms with Gasteiger partial charge in [0.2, 0.25) is 0 Å². The second-order valence-corrected chi connectivity index (χ2v) is 5.46. The van der Waals surface area contributed by atoms with Crippen molar-refractivity contribution in [2.75, 3.05) is 7.11 Å². The highest BCUT2D eigenvalue weighted by atomic mass is 35.5. The van der Waals surface area contributed by atoms with Crippen molar-refractivity contribution in [3.05, 3.63) is 69.8 Å². The van der Waals surface area contributed by atoms with Gasteiger partial charge in [-0.3, -0.25) is 4.79 Å². The molecule has 0 saturated carbocycles. The molecule has 0 spiro atoms. The van der Waals surface area contributed by atoms with Crippen molar-refractivity contribution >= 4 is 23.5 Å². The molecule has 0 amide bonds. The smallest absolute Gasteiger partial charge is 0.189 e. The molecule has 2 nitrogen and oxygen atoms in total. The quantitative estimate of drug-likeness (QED) is 0.760. The maximum absolute atomic E-state index is 12.5. The summed E-state index contributed by atoms with van der Waals surface area (Å²) in [5.74, 6) is 0.753. The van der Waals surface area contributed by atoms with E-state index in [4.69, 9.17) is 16.3 Å². The Labute approximate surface area is 129 Å². The number of ketones is 1. The van der Waals surface area contributed by atoms with Gasteiger partial charge >= 0.3 is 0 Å². The molecule has 1 aliphatic rings. The number of ether oxygens (including phenoxy) is 1. The molecule has 0 heterocycles. The van der Waals surface area contributed by atoms with Crippen LogP contribution in [0.3, 0.4) is 0 Å². The predicted molar refractivity (Wildman–Crippen MR) is 85.1 cm³/mol. The third-order valence-electron chi connectivity index (χ3n) is 3.73. The minimum atomic E-state index is 0.115. The second-order valence-electron chi connectivity index (χ2n) is 5.05. The summed E-state index contributed by atoms with van der Waals surface area (Å²) in [4.78, 5) is 12.5. The van der Waals surface area contributed by atoms with E-state index in [1.807, 2.05) is 48.5 Å². The first-order valence-electron chi connectivity index (χ1n) is 6.86. The van der Waals surface area contributed by atoms with Gasteiger partial charge < -0.3 is 4.74 Å². The highest BCUT2D eigenvalue weighted by molar-refractivity contribution is 6.32. The lowest BCUT2D eigenvalue weighted by molar-refractivity contribution is 0.102. The summed E-state index contributed by atoms with van der Waals surface area (Å²) in [6.45, 7) is 0. The van der Waals surface area contributed by atoms with Crippen LogP contribution in [0.2, 0.25) is 5.02 Å². The third kappa shape index (κ3) is 2.72. The largest absolute Gasteiger partial charge is 0.495 e. The van der Waals surface area contributed by atoms with Crippen molar-refractivity contribution in [3.63, 3.8) is 0 Å². The van der Waals surface area contributed by atoms with Crippen molar-refractivity contribution in [1.29, 1.82) is 0 Å². The number of aryl methyl sites for hydroxylation is 1. The zero-order valence-electron chi connectivity index (χ0n) is 11.7. The van der Waals surface area contributed by atoms with Crippen LogP contribution < -0.4 is 4.74 Å². The molecule has 0 aromatic heterocycles. The van der Waals surface area contributed by atoms with Gasteiger partial charge in [0.15, 0.2) is 5.78 Å². The van der Waals surface area contributed by atoms with Crippen LogP contribution in [0.1, 0.15) is 27.9 Å². The van der Waals surface area contributed by atoms with E-state index in [0.717, 1.165) is 35.1 Å². The molecule has 0 bridgehead atoms. The molecule has 2 aromatic rings. The number of carbonyl (C=O) groups is 1. The van der Waals surface area contributed by atoms with E-state index in [0.29, 0.717) is 10.8 Å². The van der Waals surface area contributed by atoms with E-state index in [9.17, 15) is 4.79 Å². The molecule has 0 radical (unpaired) electrons. The number of benzene rings is 2. The zero-order chi connectivity index (χ0) is 14.8. The van der Waals surface area contributed by atoms with Crippen LogP contribution in [0.5, 0.6) is 5.75 Å². The van der Waals surface area contributed by atoms with Crippen molar-refractivity contribution in [2.45, 2.75) is 12.8 Å². The number of Topliss-reactive ketones (excluding diaryl/α,β-unsaturated/α-hetero) is 1. The Morgan fingerprint density at radius 3 is 2.71 bits per heavy atom. The summed E-state index contributed by atoms with van der Waals surface area (Å²) in [7, 11) is 1.58. The summed E-state index contributed by atoms with van der Waals surface area (Å²) >= 11 is 6.13. The maximum atomic E-state index is 12.5. The number of halogens is 1. The number of rotatable bonds is 2. The van der Waals surface area contributed by atoms with Crippen LogP contribution in [-0.2, 0) is 6.42 Å². The highest BCUT2D eigenvalue weighted by Crippen LogP contribution is 2.29. The van der Waals surface area contributed by atoms with Gasteiger partial charge in [0.25, 0.3) is 0 Å². The third-order valence-corrected chi connectivity index (χ3v) is 4.03. The first kappa shape index (κ1) is 13.9. The number of allylic oxidation sites excluding steroid dienone is 1. The first-order chi connectivity index (χ1) is 10.2. The lowest BCUT2D eigenvalue weighted by Gasteiger charge is -2.17. The monoisotopic (exact) mass is 298 g/mol. The Morgan fingerprint density at radius 1 is 1.14 bits per heavy atom. The molecule has 0 N–H and O–H groups in total. The van der Waals surface area contributed by atoms with Gasteiger partial charge in [0.1, 0.15) is 5.75 Å². The maximum Gasteiger partial charge on any atom is 0.189 e. The number of fused-ring (bicyclic) bond motifs is 1. The Hall–Kier alpha value is -2.06. The van der Waals surface area contributed by atoms with E-state index in [1.54, 1.807) is 7.11 Å². The van der Waals surface area contributed by atoms with Crippen molar-refractivity contribution < 1.29 is 9.53 Å². The Morgan fingerprint density at radius 2 is 1.95 bits per heavy atom. The fraction of sp³-hybridized carbons (Fsp3) is 0.167. The van der Waals surface area contributed by atoms with Gasteiger partial charge in [-0.15, -0.1) is 0 Å². The lowest BCUT2D eigenvalue weighted by Crippen LogP contribution is -2.13. The number of hydrogen-bond donors (Lipinski definition) is 0. The number of methoxy groups -OCH3 is 1. The molecule has 21 heavy (non-hydrogen) atoms. The molecular weight excluding hydrogens is 284 g/mol. The number of carbonyl (C=O) groups excluding carboxylic acids is 1. The molecule has 3 rings (SSSR count). The number of hydrogen-bond acceptors (Lipinski definition) is 2. The summed E-state index contributed by atoms with van der Waals surface area (Å²) in [5.41, 5.74) is 3.69. The highest BCUT2D eigenvalue weighted by Gasteiger charge is 2.21. The fourth-order valence-corrected chi connectivity index (χ4v) is 2.89. The SMILES string of the molecule is COc1ccc(C=C2CCc3ccccc3C2=O)cc1Cl. The van der Waals surface area contributed by atoms with E-state index in [2.05, 4.69) is 0 Å². The standard InChI is InChI=1S/C18H15ClO2/c1-21-17-9-6-12(11-16(17)19)10-14-8-7-13-4-2-3-5-15(13)18(14)20/h2-6,9-11H,7-8H2,1H3. The lowest BCUT2D eigenvalue weighted by atomic mass is 9.86. The van der Waals surface area contributed by atoms with Gasteiger partial charge in [0.05, 0.1) is 12.1 Å². The van der Waals surface area contributed by atoms with Crippen LogP contribution in [-0.4, -0.2) is 12.9 Å². The molecule has 3 heteroatoms. The Bertz CT molecular complexity index is 732. The van der Waals surface area contributed by atoms with E-state index < -0.39 is 0 Å². The predicted octanol–water partition coefficient (Wildman–Crippen LogP) is 4.56. The summed E-state index contributed by atoms with van der Waals surface area (Å²) in [5, 5.41) is 0.551. The molecule has 106 valence electrons. The van der Waals surface area contributed by atoms with E-state index in [1.165, 1.54) is 0 Å². The van der Waals surface area contributed by atoms with Crippen LogP contribution in [0.25, 0.3) is 6.08 Å². The average Bonchev–Trinajstić information content (AvgIpc) is 2.51. The van der Waals surface area contributed by atoms with Gasteiger partial charge in [-0.25, -0.2) is 0 Å². The summed E-state index contributed by atoms with van der Waals surface area (Å²) in [6.07, 6.45) is 3.58. The molecule has 0 saturated heterocycles. The molecular formula is C18H15ClO2. The molecule has 0 fully saturated rings. The first-order valence-corrected chi connectivity index (χ1v) is 7.23. The Balaban J connectivity index is 1.95. The van der Waals surface area contributed by atoms with Crippen LogP contribution in [0.15, 0.2) is 48.0 Å². The molecule has 0 atom stereocenters. The topological polar surface area (TPSA) is 26.3 Å². The Kier molecular flexibility index (Phi) is 3.80. The van der Waals surface area contributed by atoms with Gasteiger partial charge in [-0.05, 0) is 42.2 Å². The van der Waals surface area contributed by atoms with E-state index in [-0.39, 0.29) is 5.78 Å². The second kappa shape index (κ2) is 5.74. The summed E-state index contributed by atoms with van der Waals surface area (Å²) < 4.78 is 5.14. The zero-order valence-corrected chi connectivity index (χ0v) is 12.5. The van der Waals surface area contributed by atoms with E-state index >= 15 is 0 Å². The van der Waals surface area contributed by atoms with Crippen LogP contribution >= 0.6 is 11.6 Å². The van der Waals surface area contributed by atoms with Crippen LogP contribution in [0.4, 0.5) is 0 Å².